The number of hydrogen-bond acceptors (Lipinski definition) is 7. The molecule has 33 heavy (non-hydrogen) atoms. The maximum Gasteiger partial charge on any atom is 0.348 e. The van der Waals surface area contributed by atoms with Gasteiger partial charge in [0.25, 0.3) is 5.69 Å². The number of nitro groups is 1. The summed E-state index contributed by atoms with van der Waals surface area (Å²) in [6.45, 7) is 5.27. The maximum atomic E-state index is 12.6. The monoisotopic (exact) mass is 513 g/mol. The van der Waals surface area contributed by atoms with E-state index in [2.05, 4.69) is 36.2 Å². The van der Waals surface area contributed by atoms with Crippen LogP contribution in [0.15, 0.2) is 64.3 Å². The predicted octanol–water partition coefficient (Wildman–Crippen LogP) is 5.65. The zero-order chi connectivity index (χ0) is 24.0. The number of carbonyl (C=O) groups is 1. The van der Waals surface area contributed by atoms with Crippen LogP contribution in [0.1, 0.15) is 25.0 Å². The number of hydrogen-bond donors (Lipinski definition) is 1. The Morgan fingerprint density at radius 3 is 2.52 bits per heavy atom. The second-order valence-electron chi connectivity index (χ2n) is 7.05. The lowest BCUT2D eigenvalue weighted by Gasteiger charge is -2.13. The molecule has 0 spiro atoms. The van der Waals surface area contributed by atoms with Crippen molar-refractivity contribution in [3.05, 3.63) is 80.6 Å². The standard InChI is InChI=1S/C22H20BrN5O5/c1-13(2)32-20(17-6-4-5-7-18(17)28(30)31)27-21(29)26-16-8-9-19(14(3)10-16)33-22-24-11-15(23)12-25-22/h4-13H,1-3H3,(H,26,29)/b27-20-. The SMILES string of the molecule is Cc1cc(NC(=O)/N=C(\OC(C)C)c2ccccc2[N+](=O)[O-])ccc1Oc1ncc(Br)cn1. The number of urea groups is 1. The van der Waals surface area contributed by atoms with Crippen molar-refractivity contribution in [3.63, 3.8) is 0 Å². The lowest BCUT2D eigenvalue weighted by atomic mass is 10.2. The van der Waals surface area contributed by atoms with Gasteiger partial charge in [0.2, 0.25) is 5.90 Å². The average Bonchev–Trinajstić information content (AvgIpc) is 2.76. The van der Waals surface area contributed by atoms with E-state index in [0.717, 1.165) is 10.0 Å². The second-order valence-corrected chi connectivity index (χ2v) is 7.97. The summed E-state index contributed by atoms with van der Waals surface area (Å²) in [5.41, 5.74) is 1.08. The van der Waals surface area contributed by atoms with Crippen LogP contribution in [0.3, 0.4) is 0 Å². The van der Waals surface area contributed by atoms with Gasteiger partial charge in [-0.15, -0.1) is 0 Å². The summed E-state index contributed by atoms with van der Waals surface area (Å²) >= 11 is 3.26. The Hall–Kier alpha value is -3.86. The molecule has 170 valence electrons. The maximum absolute atomic E-state index is 12.6. The molecule has 0 bridgehead atoms. The van der Waals surface area contributed by atoms with Crippen LogP contribution in [0, 0.1) is 17.0 Å². The average molecular weight is 514 g/mol. The fourth-order valence-corrected chi connectivity index (χ4v) is 2.93. The first-order valence-electron chi connectivity index (χ1n) is 9.79. The van der Waals surface area contributed by atoms with Crippen LogP contribution in [-0.2, 0) is 4.74 Å². The van der Waals surface area contributed by atoms with Crippen LogP contribution in [0.4, 0.5) is 16.2 Å². The minimum absolute atomic E-state index is 0.112. The summed E-state index contributed by atoms with van der Waals surface area (Å²) in [4.78, 5) is 35.5. The van der Waals surface area contributed by atoms with Gasteiger partial charge in [-0.2, -0.15) is 4.99 Å². The summed E-state index contributed by atoms with van der Waals surface area (Å²) in [5.74, 6) is 0.376. The number of halogens is 1. The van der Waals surface area contributed by atoms with Crippen molar-refractivity contribution in [2.75, 3.05) is 5.32 Å². The Balaban J connectivity index is 1.80. The minimum Gasteiger partial charge on any atom is -0.474 e. The van der Waals surface area contributed by atoms with Gasteiger partial charge in [-0.25, -0.2) is 14.8 Å². The van der Waals surface area contributed by atoms with E-state index in [1.54, 1.807) is 57.4 Å². The molecule has 0 aliphatic rings. The molecule has 3 aromatic rings. The topological polar surface area (TPSA) is 129 Å². The molecule has 0 radical (unpaired) electrons. The van der Waals surface area contributed by atoms with Crippen LogP contribution >= 0.6 is 15.9 Å². The Kier molecular flexibility index (Phi) is 7.67. The molecule has 1 heterocycles. The highest BCUT2D eigenvalue weighted by molar-refractivity contribution is 9.10. The van der Waals surface area contributed by atoms with E-state index in [1.165, 1.54) is 18.2 Å². The van der Waals surface area contributed by atoms with Crippen molar-refractivity contribution in [3.8, 4) is 11.8 Å². The van der Waals surface area contributed by atoms with Crippen molar-refractivity contribution in [1.29, 1.82) is 0 Å². The van der Waals surface area contributed by atoms with E-state index >= 15 is 0 Å². The molecule has 0 fully saturated rings. The molecule has 0 aliphatic carbocycles. The van der Waals surface area contributed by atoms with E-state index in [0.29, 0.717) is 11.4 Å². The number of rotatable bonds is 6. The van der Waals surface area contributed by atoms with Gasteiger partial charge in [0, 0.05) is 24.1 Å². The number of aliphatic imine (C=N–C) groups is 1. The molecule has 11 heteroatoms. The largest absolute Gasteiger partial charge is 0.474 e. The van der Waals surface area contributed by atoms with Crippen molar-refractivity contribution in [1.82, 2.24) is 9.97 Å². The lowest BCUT2D eigenvalue weighted by molar-refractivity contribution is -0.385. The lowest BCUT2D eigenvalue weighted by Crippen LogP contribution is -2.18. The van der Waals surface area contributed by atoms with Crippen LogP contribution in [0.5, 0.6) is 11.8 Å². The molecular formula is C22H20BrN5O5. The summed E-state index contributed by atoms with van der Waals surface area (Å²) in [6, 6.07) is 10.4. The van der Waals surface area contributed by atoms with E-state index in [1.807, 2.05) is 0 Å². The number of anilines is 1. The minimum atomic E-state index is -0.742. The van der Waals surface area contributed by atoms with Crippen molar-refractivity contribution >= 4 is 39.2 Å². The van der Waals surface area contributed by atoms with Crippen LogP contribution in [0.2, 0.25) is 0 Å². The number of nitrogens with one attached hydrogen (secondary N) is 1. The molecule has 1 N–H and O–H groups in total. The highest BCUT2D eigenvalue weighted by atomic mass is 79.9. The highest BCUT2D eigenvalue weighted by Crippen LogP contribution is 2.26. The number of aryl methyl sites for hydroxylation is 1. The van der Waals surface area contributed by atoms with Crippen LogP contribution in [0.25, 0.3) is 0 Å². The van der Waals surface area contributed by atoms with Crippen molar-refractivity contribution in [2.45, 2.75) is 26.9 Å². The second kappa shape index (κ2) is 10.6. The summed E-state index contributed by atoms with van der Waals surface area (Å²) in [5, 5.41) is 14.0. The third kappa shape index (κ3) is 6.56. The highest BCUT2D eigenvalue weighted by Gasteiger charge is 2.21. The molecule has 0 unspecified atom stereocenters. The van der Waals surface area contributed by atoms with Gasteiger partial charge >= 0.3 is 12.0 Å². The summed E-state index contributed by atoms with van der Waals surface area (Å²) in [7, 11) is 0. The predicted molar refractivity (Wildman–Crippen MR) is 126 cm³/mol. The molecule has 0 saturated carbocycles. The first-order chi connectivity index (χ1) is 15.7. The molecule has 1 aromatic heterocycles. The Labute approximate surface area is 198 Å². The fraction of sp³-hybridized carbons (Fsp3) is 0.182. The van der Waals surface area contributed by atoms with Gasteiger partial charge in [0.15, 0.2) is 0 Å². The Morgan fingerprint density at radius 1 is 1.18 bits per heavy atom. The number of para-hydroxylation sites is 1. The molecule has 3 rings (SSSR count). The number of nitro benzene ring substituents is 1. The molecule has 2 aromatic carbocycles. The summed E-state index contributed by atoms with van der Waals surface area (Å²) in [6.07, 6.45) is 2.78. The third-order valence-corrected chi connectivity index (χ3v) is 4.52. The number of carbonyl (C=O) groups excluding carboxylic acids is 1. The van der Waals surface area contributed by atoms with Crippen molar-refractivity contribution in [2.24, 2.45) is 4.99 Å². The van der Waals surface area contributed by atoms with Crippen molar-refractivity contribution < 1.29 is 19.2 Å². The Bertz CT molecular complexity index is 1200. The van der Waals surface area contributed by atoms with Crippen LogP contribution in [-0.4, -0.2) is 32.9 Å². The number of amides is 2. The zero-order valence-corrected chi connectivity index (χ0v) is 19.6. The van der Waals surface area contributed by atoms with Gasteiger partial charge in [-0.05, 0) is 66.5 Å². The number of benzene rings is 2. The number of ether oxygens (including phenoxy) is 2. The normalized spacial score (nSPS) is 11.2. The molecule has 2 amide bonds. The third-order valence-electron chi connectivity index (χ3n) is 4.11. The van der Waals surface area contributed by atoms with Gasteiger partial charge < -0.3 is 14.8 Å². The zero-order valence-electron chi connectivity index (χ0n) is 18.0. The molecule has 10 nitrogen and oxygen atoms in total. The van der Waals surface area contributed by atoms with Gasteiger partial charge in [-0.3, -0.25) is 10.1 Å². The molecule has 0 saturated heterocycles. The molecular weight excluding hydrogens is 494 g/mol. The Morgan fingerprint density at radius 2 is 1.88 bits per heavy atom. The first-order valence-corrected chi connectivity index (χ1v) is 10.6. The van der Waals surface area contributed by atoms with E-state index in [4.69, 9.17) is 9.47 Å². The smallest absolute Gasteiger partial charge is 0.348 e. The quantitative estimate of drug-likeness (QED) is 0.195. The number of aromatic nitrogens is 2. The first kappa shape index (κ1) is 23.8. The number of nitrogens with zero attached hydrogens (tertiary/aromatic N) is 4. The fourth-order valence-electron chi connectivity index (χ4n) is 2.72. The van der Waals surface area contributed by atoms with Gasteiger partial charge in [0.1, 0.15) is 11.3 Å². The van der Waals surface area contributed by atoms with Gasteiger partial charge in [-0.1, -0.05) is 12.1 Å². The van der Waals surface area contributed by atoms with E-state index in [9.17, 15) is 14.9 Å². The molecule has 0 aliphatic heterocycles. The van der Waals surface area contributed by atoms with E-state index in [-0.39, 0.29) is 29.3 Å². The van der Waals surface area contributed by atoms with Crippen LogP contribution < -0.4 is 10.1 Å². The molecule has 0 atom stereocenters. The van der Waals surface area contributed by atoms with Gasteiger partial charge in [0.05, 0.1) is 15.5 Å². The summed E-state index contributed by atoms with van der Waals surface area (Å²) < 4.78 is 12.0. The van der Waals surface area contributed by atoms with E-state index < -0.39 is 11.0 Å².